The predicted molar refractivity (Wildman–Crippen MR) is 122 cm³/mol. The number of hydrogen-bond donors (Lipinski definition) is 1. The highest BCUT2D eigenvalue weighted by Crippen LogP contribution is 2.25. The summed E-state index contributed by atoms with van der Waals surface area (Å²) in [6.45, 7) is 0.533. The molecule has 0 saturated heterocycles. The van der Waals surface area contributed by atoms with Crippen LogP contribution in [0, 0.1) is 0 Å². The molecule has 150 valence electrons. The van der Waals surface area contributed by atoms with E-state index in [2.05, 4.69) is 56.6 Å². The monoisotopic (exact) mass is 396 g/mol. The van der Waals surface area contributed by atoms with Crippen LogP contribution in [0.5, 0.6) is 5.75 Å². The molecule has 0 aliphatic rings. The van der Waals surface area contributed by atoms with Gasteiger partial charge in [0.1, 0.15) is 24.5 Å². The molecule has 0 aliphatic heterocycles. The molecule has 0 unspecified atom stereocenters. The van der Waals surface area contributed by atoms with Gasteiger partial charge in [0.05, 0.1) is 5.69 Å². The van der Waals surface area contributed by atoms with Gasteiger partial charge >= 0.3 is 0 Å². The van der Waals surface area contributed by atoms with Gasteiger partial charge in [0.15, 0.2) is 0 Å². The molecule has 0 saturated carbocycles. The van der Waals surface area contributed by atoms with E-state index in [0.717, 1.165) is 39.8 Å². The van der Waals surface area contributed by atoms with Crippen LogP contribution in [0.1, 0.15) is 5.56 Å². The minimum absolute atomic E-state index is 0.533. The maximum atomic E-state index is 5.92. The van der Waals surface area contributed by atoms with E-state index >= 15 is 0 Å². The third-order valence-corrected chi connectivity index (χ3v) is 4.70. The average Bonchev–Trinajstić information content (AvgIpc) is 2.79. The molecule has 0 aliphatic carbocycles. The molecular formula is C25H24N4O. The van der Waals surface area contributed by atoms with Crippen LogP contribution in [0.15, 0.2) is 91.3 Å². The Labute approximate surface area is 177 Å². The highest BCUT2D eigenvalue weighted by atomic mass is 16.5. The number of aromatic nitrogens is 2. The Morgan fingerprint density at radius 3 is 2.40 bits per heavy atom. The molecule has 0 radical (unpaired) electrons. The summed E-state index contributed by atoms with van der Waals surface area (Å²) < 4.78 is 5.92. The molecule has 1 aromatic heterocycles. The Hall–Kier alpha value is -3.86. The molecule has 30 heavy (non-hydrogen) atoms. The first-order valence-corrected chi connectivity index (χ1v) is 9.81. The molecule has 1 N–H and O–H groups in total. The normalized spacial score (nSPS) is 10.5. The van der Waals surface area contributed by atoms with Crippen LogP contribution < -0.4 is 15.0 Å². The molecule has 4 rings (SSSR count). The van der Waals surface area contributed by atoms with Gasteiger partial charge in [0.25, 0.3) is 0 Å². The number of benzene rings is 3. The number of anilines is 3. The van der Waals surface area contributed by atoms with Crippen LogP contribution in [0.4, 0.5) is 17.2 Å². The molecule has 4 aromatic rings. The molecule has 0 bridgehead atoms. The van der Waals surface area contributed by atoms with Crippen molar-refractivity contribution in [3.63, 3.8) is 0 Å². The van der Waals surface area contributed by atoms with Crippen LogP contribution in [0.2, 0.25) is 0 Å². The molecule has 5 heteroatoms. The van der Waals surface area contributed by atoms with Gasteiger partial charge < -0.3 is 15.0 Å². The largest absolute Gasteiger partial charge is 0.489 e. The Morgan fingerprint density at radius 1 is 0.833 bits per heavy atom. The first-order chi connectivity index (χ1) is 14.7. The summed E-state index contributed by atoms with van der Waals surface area (Å²) in [4.78, 5) is 10.8. The Kier molecular flexibility index (Phi) is 5.90. The smallest absolute Gasteiger partial charge is 0.134 e. The van der Waals surface area contributed by atoms with E-state index < -0.39 is 0 Å². The second kappa shape index (κ2) is 9.09. The molecule has 3 aromatic carbocycles. The van der Waals surface area contributed by atoms with Crippen molar-refractivity contribution < 1.29 is 4.74 Å². The standard InChI is InChI=1S/C25H24N4O/c1-29(2)22-13-11-20(12-14-22)24-16-25(27-18-26-24)28-21-9-6-10-23(15-21)30-17-19-7-4-3-5-8-19/h3-16,18H,17H2,1-2H3,(H,26,27,28). The highest BCUT2D eigenvalue weighted by Gasteiger charge is 2.05. The van der Waals surface area contributed by atoms with Gasteiger partial charge in [0, 0.05) is 43.2 Å². The summed E-state index contributed by atoms with van der Waals surface area (Å²) in [6, 6.07) is 28.2. The fourth-order valence-electron chi connectivity index (χ4n) is 3.07. The van der Waals surface area contributed by atoms with Gasteiger partial charge in [-0.25, -0.2) is 9.97 Å². The quantitative estimate of drug-likeness (QED) is 0.445. The zero-order valence-electron chi connectivity index (χ0n) is 17.1. The van der Waals surface area contributed by atoms with Crippen molar-refractivity contribution in [2.75, 3.05) is 24.3 Å². The van der Waals surface area contributed by atoms with Gasteiger partial charge in [-0.15, -0.1) is 0 Å². The van der Waals surface area contributed by atoms with Crippen molar-refractivity contribution in [1.29, 1.82) is 0 Å². The van der Waals surface area contributed by atoms with Crippen LogP contribution in [-0.4, -0.2) is 24.1 Å². The van der Waals surface area contributed by atoms with Crippen molar-refractivity contribution in [3.05, 3.63) is 96.8 Å². The SMILES string of the molecule is CN(C)c1ccc(-c2cc(Nc3cccc(OCc4ccccc4)c3)ncn2)cc1. The first-order valence-electron chi connectivity index (χ1n) is 9.81. The third kappa shape index (κ3) is 4.94. The van der Waals surface area contributed by atoms with E-state index in [9.17, 15) is 0 Å². The van der Waals surface area contributed by atoms with Crippen molar-refractivity contribution in [2.24, 2.45) is 0 Å². The average molecular weight is 396 g/mol. The first kappa shape index (κ1) is 19.5. The summed E-state index contributed by atoms with van der Waals surface area (Å²) >= 11 is 0. The summed E-state index contributed by atoms with van der Waals surface area (Å²) in [5.41, 5.74) is 5.11. The predicted octanol–water partition coefficient (Wildman–Crippen LogP) is 5.53. The number of hydrogen-bond acceptors (Lipinski definition) is 5. The maximum Gasteiger partial charge on any atom is 0.134 e. The van der Waals surface area contributed by atoms with Crippen molar-refractivity contribution in [1.82, 2.24) is 9.97 Å². The maximum absolute atomic E-state index is 5.92. The van der Waals surface area contributed by atoms with Crippen LogP contribution in [0.3, 0.4) is 0 Å². The lowest BCUT2D eigenvalue weighted by Gasteiger charge is -2.13. The second-order valence-electron chi connectivity index (χ2n) is 7.16. The number of nitrogens with zero attached hydrogens (tertiary/aromatic N) is 3. The van der Waals surface area contributed by atoms with Gasteiger partial charge in [-0.3, -0.25) is 0 Å². The van der Waals surface area contributed by atoms with E-state index in [-0.39, 0.29) is 0 Å². The zero-order chi connectivity index (χ0) is 20.8. The Bertz CT molecular complexity index is 1100. The molecule has 0 spiro atoms. The Morgan fingerprint density at radius 2 is 1.63 bits per heavy atom. The lowest BCUT2D eigenvalue weighted by molar-refractivity contribution is 0.306. The lowest BCUT2D eigenvalue weighted by atomic mass is 10.1. The minimum atomic E-state index is 0.533. The summed E-state index contributed by atoms with van der Waals surface area (Å²) in [6.07, 6.45) is 1.58. The van der Waals surface area contributed by atoms with E-state index in [1.165, 1.54) is 0 Å². The Balaban J connectivity index is 1.46. The summed E-state index contributed by atoms with van der Waals surface area (Å²) in [5.74, 6) is 1.54. The third-order valence-electron chi connectivity index (χ3n) is 4.70. The van der Waals surface area contributed by atoms with Gasteiger partial charge in [-0.2, -0.15) is 0 Å². The molecule has 0 fully saturated rings. The van der Waals surface area contributed by atoms with Gasteiger partial charge in [-0.1, -0.05) is 48.5 Å². The minimum Gasteiger partial charge on any atom is -0.489 e. The fourth-order valence-corrected chi connectivity index (χ4v) is 3.07. The molecular weight excluding hydrogens is 372 g/mol. The van der Waals surface area contributed by atoms with Crippen LogP contribution >= 0.6 is 0 Å². The number of nitrogens with one attached hydrogen (secondary N) is 1. The second-order valence-corrected chi connectivity index (χ2v) is 7.16. The van der Waals surface area contributed by atoms with Crippen molar-refractivity contribution >= 4 is 17.2 Å². The van der Waals surface area contributed by atoms with Crippen molar-refractivity contribution in [3.8, 4) is 17.0 Å². The fraction of sp³-hybridized carbons (Fsp3) is 0.120. The highest BCUT2D eigenvalue weighted by molar-refractivity contribution is 5.67. The molecule has 0 amide bonds. The van der Waals surface area contributed by atoms with E-state index in [0.29, 0.717) is 6.61 Å². The molecule has 0 atom stereocenters. The number of rotatable bonds is 7. The van der Waals surface area contributed by atoms with Crippen LogP contribution in [-0.2, 0) is 6.61 Å². The van der Waals surface area contributed by atoms with E-state index in [4.69, 9.17) is 4.74 Å². The topological polar surface area (TPSA) is 50.3 Å². The van der Waals surface area contributed by atoms with Gasteiger partial charge in [0.2, 0.25) is 0 Å². The number of ether oxygens (including phenoxy) is 1. The summed E-state index contributed by atoms with van der Waals surface area (Å²) in [5, 5.41) is 3.34. The zero-order valence-corrected chi connectivity index (χ0v) is 17.1. The molecule has 1 heterocycles. The summed E-state index contributed by atoms with van der Waals surface area (Å²) in [7, 11) is 4.05. The lowest BCUT2D eigenvalue weighted by Crippen LogP contribution is -2.07. The molecule has 5 nitrogen and oxygen atoms in total. The van der Waals surface area contributed by atoms with E-state index in [1.54, 1.807) is 6.33 Å². The van der Waals surface area contributed by atoms with Crippen LogP contribution in [0.25, 0.3) is 11.3 Å². The van der Waals surface area contributed by atoms with Gasteiger partial charge in [-0.05, 0) is 29.8 Å². The van der Waals surface area contributed by atoms with E-state index in [1.807, 2.05) is 62.6 Å². The van der Waals surface area contributed by atoms with Crippen molar-refractivity contribution in [2.45, 2.75) is 6.61 Å².